The first kappa shape index (κ1) is 15.1. The lowest BCUT2D eigenvalue weighted by atomic mass is 10.2. The summed E-state index contributed by atoms with van der Waals surface area (Å²) in [5.74, 6) is 5.22. The van der Waals surface area contributed by atoms with Crippen molar-refractivity contribution in [2.75, 3.05) is 6.54 Å². The third kappa shape index (κ3) is 5.50. The summed E-state index contributed by atoms with van der Waals surface area (Å²) in [5, 5.41) is 10.5. The second-order valence-electron chi connectivity index (χ2n) is 3.75. The number of benzene rings is 1. The third-order valence-electron chi connectivity index (χ3n) is 2.25. The molecule has 1 aromatic rings. The Morgan fingerprint density at radius 2 is 1.95 bits per heavy atom. The quantitative estimate of drug-likeness (QED) is 0.370. The van der Waals surface area contributed by atoms with Crippen LogP contribution in [0.1, 0.15) is 18.9 Å². The van der Waals surface area contributed by atoms with E-state index in [1.807, 2.05) is 0 Å². The molecule has 0 aliphatic rings. The van der Waals surface area contributed by atoms with Crippen LogP contribution in [0.3, 0.4) is 0 Å². The van der Waals surface area contributed by atoms with Gasteiger partial charge in [0.1, 0.15) is 0 Å². The number of non-ortho nitro benzene ring substituents is 1. The van der Waals surface area contributed by atoms with Crippen LogP contribution >= 0.6 is 0 Å². The number of nitrogens with one attached hydrogen (secondary N) is 1. The van der Waals surface area contributed by atoms with E-state index in [0.29, 0.717) is 12.0 Å². The molecule has 0 aromatic heterocycles. The van der Waals surface area contributed by atoms with E-state index in [4.69, 9.17) is 0 Å². The fourth-order valence-corrected chi connectivity index (χ4v) is 2.52. The summed E-state index contributed by atoms with van der Waals surface area (Å²) in [5.41, 5.74) is 0.437. The molecule has 6 nitrogen and oxygen atoms in total. The molecule has 0 aliphatic carbocycles. The van der Waals surface area contributed by atoms with Gasteiger partial charge in [0.05, 0.1) is 10.7 Å². The van der Waals surface area contributed by atoms with Gasteiger partial charge in [0, 0.05) is 25.1 Å². The molecule has 0 radical (unpaired) electrons. The smallest absolute Gasteiger partial charge is 0.258 e. The summed E-state index contributed by atoms with van der Waals surface area (Å²) in [4.78, 5) is 9.93. The number of hydrogen-bond donors (Lipinski definition) is 1. The lowest BCUT2D eigenvalue weighted by Crippen LogP contribution is -2.25. The van der Waals surface area contributed by atoms with Gasteiger partial charge in [-0.25, -0.2) is 13.1 Å². The Kier molecular flexibility index (Phi) is 5.48. The average Bonchev–Trinajstić information content (AvgIpc) is 2.35. The molecule has 0 unspecified atom stereocenters. The summed E-state index contributed by atoms with van der Waals surface area (Å²) < 4.78 is 25.8. The van der Waals surface area contributed by atoms with Crippen LogP contribution in [0.5, 0.6) is 0 Å². The molecular formula is C12H14N2O4S. The predicted molar refractivity (Wildman–Crippen MR) is 71.8 cm³/mol. The van der Waals surface area contributed by atoms with Crippen LogP contribution in [0.2, 0.25) is 0 Å². The predicted octanol–water partition coefficient (Wildman–Crippen LogP) is 1.43. The van der Waals surface area contributed by atoms with Gasteiger partial charge in [0.2, 0.25) is 10.0 Å². The summed E-state index contributed by atoms with van der Waals surface area (Å²) in [6.45, 7) is 1.95. The van der Waals surface area contributed by atoms with Crippen LogP contribution in [0.15, 0.2) is 24.3 Å². The van der Waals surface area contributed by atoms with E-state index in [1.165, 1.54) is 24.3 Å². The fraction of sp³-hybridized carbons (Fsp3) is 0.333. The molecule has 0 spiro atoms. The van der Waals surface area contributed by atoms with Crippen molar-refractivity contribution < 1.29 is 13.3 Å². The van der Waals surface area contributed by atoms with Gasteiger partial charge in [-0.15, -0.1) is 11.8 Å². The highest BCUT2D eigenvalue weighted by Gasteiger charge is 2.12. The van der Waals surface area contributed by atoms with Gasteiger partial charge >= 0.3 is 0 Å². The molecule has 0 amide bonds. The molecule has 7 heteroatoms. The Morgan fingerprint density at radius 3 is 2.47 bits per heavy atom. The fourth-order valence-electron chi connectivity index (χ4n) is 1.38. The lowest BCUT2D eigenvalue weighted by molar-refractivity contribution is -0.384. The monoisotopic (exact) mass is 282 g/mol. The highest BCUT2D eigenvalue weighted by Crippen LogP contribution is 2.13. The first-order valence-electron chi connectivity index (χ1n) is 5.55. The van der Waals surface area contributed by atoms with Crippen LogP contribution in [0.4, 0.5) is 5.69 Å². The standard InChI is InChI=1S/C12H14N2O4S/c1-2-3-4-9-13-19(17,18)10-11-5-7-12(8-6-11)14(15)16/h5-8,13H,4,9-10H2,1H3. The highest BCUT2D eigenvalue weighted by atomic mass is 32.2. The maximum atomic E-state index is 11.7. The first-order valence-corrected chi connectivity index (χ1v) is 7.20. The molecule has 1 N–H and O–H groups in total. The van der Waals surface area contributed by atoms with Gasteiger partial charge < -0.3 is 0 Å². The molecule has 0 aliphatic heterocycles. The molecule has 0 fully saturated rings. The zero-order valence-corrected chi connectivity index (χ0v) is 11.2. The molecule has 0 saturated carbocycles. The van der Waals surface area contributed by atoms with E-state index in [1.54, 1.807) is 6.92 Å². The van der Waals surface area contributed by atoms with Crippen LogP contribution < -0.4 is 4.72 Å². The van der Waals surface area contributed by atoms with E-state index in [0.717, 1.165) is 0 Å². The normalized spacial score (nSPS) is 10.6. The van der Waals surface area contributed by atoms with Crippen molar-refractivity contribution in [3.8, 4) is 11.8 Å². The average molecular weight is 282 g/mol. The van der Waals surface area contributed by atoms with Crippen molar-refractivity contribution in [2.45, 2.75) is 19.1 Å². The molecule has 0 heterocycles. The van der Waals surface area contributed by atoms with E-state index >= 15 is 0 Å². The maximum Gasteiger partial charge on any atom is 0.269 e. The summed E-state index contributed by atoms with van der Waals surface area (Å²) >= 11 is 0. The van der Waals surface area contributed by atoms with Gasteiger partial charge in [-0.1, -0.05) is 12.1 Å². The Balaban J connectivity index is 2.61. The van der Waals surface area contributed by atoms with Gasteiger partial charge in [0.15, 0.2) is 0 Å². The van der Waals surface area contributed by atoms with E-state index < -0.39 is 14.9 Å². The van der Waals surface area contributed by atoms with Gasteiger partial charge in [0.25, 0.3) is 5.69 Å². The Bertz CT molecular complexity index is 597. The molecule has 0 atom stereocenters. The zero-order valence-electron chi connectivity index (χ0n) is 10.4. The lowest BCUT2D eigenvalue weighted by Gasteiger charge is -2.05. The van der Waals surface area contributed by atoms with Gasteiger partial charge in [-0.05, 0) is 12.5 Å². The van der Waals surface area contributed by atoms with E-state index in [-0.39, 0.29) is 18.0 Å². The summed E-state index contributed by atoms with van der Waals surface area (Å²) in [6.07, 6.45) is 0.454. The van der Waals surface area contributed by atoms with Gasteiger partial charge in [-0.2, -0.15) is 0 Å². The largest absolute Gasteiger partial charge is 0.269 e. The second kappa shape index (κ2) is 6.87. The van der Waals surface area contributed by atoms with Crippen molar-refractivity contribution in [1.29, 1.82) is 0 Å². The van der Waals surface area contributed by atoms with E-state index in [9.17, 15) is 18.5 Å². The highest BCUT2D eigenvalue weighted by molar-refractivity contribution is 7.88. The van der Waals surface area contributed by atoms with Gasteiger partial charge in [-0.3, -0.25) is 10.1 Å². The number of nitro groups is 1. The summed E-state index contributed by atoms with van der Waals surface area (Å²) in [7, 11) is -3.44. The van der Waals surface area contributed by atoms with Crippen molar-refractivity contribution in [1.82, 2.24) is 4.72 Å². The van der Waals surface area contributed by atoms with Crippen molar-refractivity contribution in [2.24, 2.45) is 0 Å². The number of rotatable bonds is 6. The van der Waals surface area contributed by atoms with Crippen LogP contribution in [-0.2, 0) is 15.8 Å². The van der Waals surface area contributed by atoms with Crippen LogP contribution in [0, 0.1) is 22.0 Å². The second-order valence-corrected chi connectivity index (χ2v) is 5.56. The number of hydrogen-bond acceptors (Lipinski definition) is 4. The van der Waals surface area contributed by atoms with Crippen molar-refractivity contribution in [3.05, 3.63) is 39.9 Å². The molecule has 102 valence electrons. The first-order chi connectivity index (χ1) is 8.94. The number of nitrogens with zero attached hydrogens (tertiary/aromatic N) is 1. The minimum absolute atomic E-state index is 0.0627. The van der Waals surface area contributed by atoms with Crippen molar-refractivity contribution >= 4 is 15.7 Å². The molecule has 19 heavy (non-hydrogen) atoms. The molecular weight excluding hydrogens is 268 g/mol. The minimum atomic E-state index is -3.44. The third-order valence-corrected chi connectivity index (χ3v) is 3.61. The van der Waals surface area contributed by atoms with Crippen LogP contribution in [0.25, 0.3) is 0 Å². The van der Waals surface area contributed by atoms with Crippen molar-refractivity contribution in [3.63, 3.8) is 0 Å². The van der Waals surface area contributed by atoms with Crippen LogP contribution in [-0.4, -0.2) is 19.9 Å². The number of nitro benzene ring substituents is 1. The molecule has 1 rings (SSSR count). The Morgan fingerprint density at radius 1 is 1.32 bits per heavy atom. The molecule has 0 bridgehead atoms. The van der Waals surface area contributed by atoms with E-state index in [2.05, 4.69) is 16.6 Å². The SMILES string of the molecule is CC#CCCNS(=O)(=O)Cc1ccc([N+](=O)[O-])cc1. The Labute approximate surface area is 112 Å². The number of sulfonamides is 1. The molecule has 1 aromatic carbocycles. The topological polar surface area (TPSA) is 89.3 Å². The maximum absolute atomic E-state index is 11.7. The molecule has 0 saturated heterocycles. The zero-order chi connectivity index (χ0) is 14.3. The summed E-state index contributed by atoms with van der Waals surface area (Å²) in [6, 6.07) is 5.44. The Hall–Kier alpha value is -1.91. The minimum Gasteiger partial charge on any atom is -0.258 e.